The molecule has 2 aliphatic rings. The Labute approximate surface area is 99.5 Å². The van der Waals surface area contributed by atoms with E-state index in [1.54, 1.807) is 0 Å². The van der Waals surface area contributed by atoms with E-state index in [2.05, 4.69) is 0 Å². The average Bonchev–Trinajstić information content (AvgIpc) is 3.00. The second-order valence-corrected chi connectivity index (χ2v) is 4.31. The molecule has 4 nitrogen and oxygen atoms in total. The normalized spacial score (nSPS) is 24.5. The monoisotopic (exact) mass is 234 g/mol. The number of carbonyl (C=O) groups is 1. The van der Waals surface area contributed by atoms with E-state index in [9.17, 15) is 4.79 Å². The summed E-state index contributed by atoms with van der Waals surface area (Å²) in [6, 6.07) is 5.86. The van der Waals surface area contributed by atoms with Crippen LogP contribution in [-0.2, 0) is 9.53 Å². The molecule has 1 aromatic rings. The largest absolute Gasteiger partial charge is 0.466 e. The third-order valence-corrected chi connectivity index (χ3v) is 3.20. The molecule has 1 aliphatic carbocycles. The Balaban J connectivity index is 1.73. The number of rotatable bonds is 3. The van der Waals surface area contributed by atoms with Crippen LogP contribution >= 0.6 is 0 Å². The van der Waals surface area contributed by atoms with Crippen molar-refractivity contribution in [2.75, 3.05) is 13.4 Å². The Morgan fingerprint density at radius 2 is 2.24 bits per heavy atom. The van der Waals surface area contributed by atoms with Gasteiger partial charge in [-0.2, -0.15) is 0 Å². The lowest BCUT2D eigenvalue weighted by molar-refractivity contribution is -0.144. The predicted molar refractivity (Wildman–Crippen MR) is 60.0 cm³/mol. The van der Waals surface area contributed by atoms with Crippen molar-refractivity contribution in [3.8, 4) is 11.5 Å². The first-order chi connectivity index (χ1) is 8.29. The Hall–Kier alpha value is -1.71. The fourth-order valence-corrected chi connectivity index (χ4v) is 2.22. The zero-order valence-electron chi connectivity index (χ0n) is 9.64. The maximum absolute atomic E-state index is 11.5. The first-order valence-corrected chi connectivity index (χ1v) is 5.85. The van der Waals surface area contributed by atoms with Crippen LogP contribution in [-0.4, -0.2) is 19.4 Å². The van der Waals surface area contributed by atoms with Gasteiger partial charge >= 0.3 is 5.97 Å². The molecule has 0 N–H and O–H groups in total. The maximum Gasteiger partial charge on any atom is 0.309 e. The van der Waals surface area contributed by atoms with E-state index < -0.39 is 0 Å². The van der Waals surface area contributed by atoms with Crippen LogP contribution in [0, 0.1) is 5.92 Å². The first-order valence-electron chi connectivity index (χ1n) is 5.85. The molecule has 1 fully saturated rings. The Kier molecular flexibility index (Phi) is 2.42. The topological polar surface area (TPSA) is 44.8 Å². The molecule has 1 heterocycles. The highest BCUT2D eigenvalue weighted by atomic mass is 16.7. The van der Waals surface area contributed by atoms with Crippen molar-refractivity contribution in [2.24, 2.45) is 5.92 Å². The van der Waals surface area contributed by atoms with Gasteiger partial charge in [-0.15, -0.1) is 0 Å². The van der Waals surface area contributed by atoms with E-state index in [0.717, 1.165) is 23.5 Å². The zero-order chi connectivity index (χ0) is 11.8. The molecule has 0 bridgehead atoms. The van der Waals surface area contributed by atoms with E-state index >= 15 is 0 Å². The van der Waals surface area contributed by atoms with Crippen LogP contribution in [0.4, 0.5) is 0 Å². The molecular formula is C13H14O4. The van der Waals surface area contributed by atoms with Gasteiger partial charge in [0.05, 0.1) is 12.5 Å². The molecule has 0 radical (unpaired) electrons. The summed E-state index contributed by atoms with van der Waals surface area (Å²) >= 11 is 0. The molecule has 3 rings (SSSR count). The van der Waals surface area contributed by atoms with Crippen LogP contribution in [0.2, 0.25) is 0 Å². The molecule has 1 aromatic carbocycles. The van der Waals surface area contributed by atoms with E-state index in [0.29, 0.717) is 6.61 Å². The van der Waals surface area contributed by atoms with Gasteiger partial charge in [-0.05, 0) is 37.0 Å². The molecule has 1 saturated carbocycles. The lowest BCUT2D eigenvalue weighted by atomic mass is 10.1. The lowest BCUT2D eigenvalue weighted by Crippen LogP contribution is -2.07. The Bertz CT molecular complexity index is 455. The number of hydrogen-bond donors (Lipinski definition) is 0. The van der Waals surface area contributed by atoms with Gasteiger partial charge in [-0.3, -0.25) is 4.79 Å². The third-order valence-electron chi connectivity index (χ3n) is 3.20. The van der Waals surface area contributed by atoms with Gasteiger partial charge in [-0.1, -0.05) is 6.07 Å². The molecule has 0 unspecified atom stereocenters. The van der Waals surface area contributed by atoms with Crippen molar-refractivity contribution in [1.29, 1.82) is 0 Å². The summed E-state index contributed by atoms with van der Waals surface area (Å²) in [4.78, 5) is 11.5. The maximum atomic E-state index is 11.5. The molecular weight excluding hydrogens is 220 g/mol. The second-order valence-electron chi connectivity index (χ2n) is 4.31. The minimum Gasteiger partial charge on any atom is -0.466 e. The summed E-state index contributed by atoms with van der Waals surface area (Å²) in [5.74, 6) is 1.77. The van der Waals surface area contributed by atoms with Crippen LogP contribution in [0.5, 0.6) is 11.5 Å². The molecule has 90 valence electrons. The number of esters is 1. The van der Waals surface area contributed by atoms with E-state index in [1.165, 1.54) is 0 Å². The fourth-order valence-electron chi connectivity index (χ4n) is 2.22. The Morgan fingerprint density at radius 1 is 1.41 bits per heavy atom. The average molecular weight is 234 g/mol. The lowest BCUT2D eigenvalue weighted by Gasteiger charge is -2.03. The van der Waals surface area contributed by atoms with E-state index in [4.69, 9.17) is 14.2 Å². The number of fused-ring (bicyclic) bond motifs is 1. The number of ether oxygens (including phenoxy) is 3. The first kappa shape index (κ1) is 10.4. The minimum absolute atomic E-state index is 0.0234. The smallest absolute Gasteiger partial charge is 0.309 e. The standard InChI is InChI=1S/C13H14O4/c1-2-15-13(14)10-6-9(10)8-3-4-11-12(5-8)17-7-16-11/h3-5,9-10H,2,6-7H2,1H3/t9-,10+/m1/s1. The van der Waals surface area contributed by atoms with Crippen LogP contribution < -0.4 is 9.47 Å². The SMILES string of the molecule is CCOC(=O)[C@H]1C[C@@H]1c1ccc2c(c1)OCO2. The van der Waals surface area contributed by atoms with Crippen molar-refractivity contribution in [3.63, 3.8) is 0 Å². The van der Waals surface area contributed by atoms with Gasteiger partial charge in [0, 0.05) is 0 Å². The minimum atomic E-state index is -0.0878. The second kappa shape index (κ2) is 3.95. The molecule has 0 amide bonds. The number of carbonyl (C=O) groups excluding carboxylic acids is 1. The van der Waals surface area contributed by atoms with Crippen LogP contribution in [0.15, 0.2) is 18.2 Å². The van der Waals surface area contributed by atoms with Crippen molar-refractivity contribution in [1.82, 2.24) is 0 Å². The highest BCUT2D eigenvalue weighted by Gasteiger charge is 2.45. The highest BCUT2D eigenvalue weighted by Crippen LogP contribution is 2.50. The molecule has 0 aromatic heterocycles. The van der Waals surface area contributed by atoms with Crippen molar-refractivity contribution in [3.05, 3.63) is 23.8 Å². The predicted octanol–water partition coefficient (Wildman–Crippen LogP) is 2.08. The van der Waals surface area contributed by atoms with E-state index in [1.807, 2.05) is 25.1 Å². The van der Waals surface area contributed by atoms with Gasteiger partial charge in [-0.25, -0.2) is 0 Å². The number of hydrogen-bond acceptors (Lipinski definition) is 4. The van der Waals surface area contributed by atoms with Gasteiger partial charge in [0.2, 0.25) is 6.79 Å². The van der Waals surface area contributed by atoms with Crippen molar-refractivity contribution in [2.45, 2.75) is 19.3 Å². The van der Waals surface area contributed by atoms with Gasteiger partial charge in [0.25, 0.3) is 0 Å². The van der Waals surface area contributed by atoms with Crippen LogP contribution in [0.3, 0.4) is 0 Å². The van der Waals surface area contributed by atoms with Gasteiger partial charge < -0.3 is 14.2 Å². The van der Waals surface area contributed by atoms with Gasteiger partial charge in [0.15, 0.2) is 11.5 Å². The summed E-state index contributed by atoms with van der Waals surface area (Å²) in [7, 11) is 0. The van der Waals surface area contributed by atoms with Crippen LogP contribution in [0.1, 0.15) is 24.8 Å². The molecule has 0 saturated heterocycles. The fraction of sp³-hybridized carbons (Fsp3) is 0.462. The highest BCUT2D eigenvalue weighted by molar-refractivity contribution is 5.77. The van der Waals surface area contributed by atoms with Gasteiger partial charge in [0.1, 0.15) is 0 Å². The van der Waals surface area contributed by atoms with E-state index in [-0.39, 0.29) is 24.6 Å². The Morgan fingerprint density at radius 3 is 3.06 bits per heavy atom. The van der Waals surface area contributed by atoms with Crippen LogP contribution in [0.25, 0.3) is 0 Å². The van der Waals surface area contributed by atoms with Crippen molar-refractivity contribution < 1.29 is 19.0 Å². The zero-order valence-corrected chi connectivity index (χ0v) is 9.64. The third kappa shape index (κ3) is 1.84. The molecule has 17 heavy (non-hydrogen) atoms. The summed E-state index contributed by atoms with van der Waals surface area (Å²) in [5, 5.41) is 0. The molecule has 0 spiro atoms. The summed E-state index contributed by atoms with van der Waals surface area (Å²) in [6.07, 6.45) is 0.873. The molecule has 1 aliphatic heterocycles. The summed E-state index contributed by atoms with van der Waals surface area (Å²) < 4.78 is 15.6. The molecule has 4 heteroatoms. The van der Waals surface area contributed by atoms with Crippen molar-refractivity contribution >= 4 is 5.97 Å². The number of benzene rings is 1. The summed E-state index contributed by atoms with van der Waals surface area (Å²) in [5.41, 5.74) is 1.13. The molecule has 2 atom stereocenters. The quantitative estimate of drug-likeness (QED) is 0.751. The summed E-state index contributed by atoms with van der Waals surface area (Å²) in [6.45, 7) is 2.56.